The van der Waals surface area contributed by atoms with Crippen molar-refractivity contribution < 1.29 is 4.79 Å². The van der Waals surface area contributed by atoms with Gasteiger partial charge in [-0.1, -0.05) is 24.3 Å². The summed E-state index contributed by atoms with van der Waals surface area (Å²) < 4.78 is 3.46. The Balaban J connectivity index is 1.47. The standard InChI is InChI=1S/C21H21N7O/c1-15-19(16(2)28(26-15)18-8-4-3-5-9-18)11-20(29)24-12-17-7-6-10-23-21(17)27-14-22-13-25-27/h3-10,13-14H,11-12H2,1-2H3,(H,24,29). The quantitative estimate of drug-likeness (QED) is 0.548. The van der Waals surface area contributed by atoms with E-state index < -0.39 is 0 Å². The van der Waals surface area contributed by atoms with Crippen molar-refractivity contribution in [2.45, 2.75) is 26.8 Å². The number of carbonyl (C=O) groups excluding carboxylic acids is 1. The Bertz CT molecular complexity index is 1120. The minimum atomic E-state index is -0.0720. The highest BCUT2D eigenvalue weighted by molar-refractivity contribution is 5.79. The van der Waals surface area contributed by atoms with Crippen LogP contribution in [0.5, 0.6) is 0 Å². The topological polar surface area (TPSA) is 90.5 Å². The molecule has 4 aromatic rings. The summed E-state index contributed by atoms with van der Waals surface area (Å²) >= 11 is 0. The Morgan fingerprint density at radius 1 is 1.10 bits per heavy atom. The molecule has 0 aliphatic heterocycles. The van der Waals surface area contributed by atoms with E-state index in [-0.39, 0.29) is 12.3 Å². The Kier molecular flexibility index (Phi) is 5.15. The molecule has 8 nitrogen and oxygen atoms in total. The molecular weight excluding hydrogens is 366 g/mol. The summed E-state index contributed by atoms with van der Waals surface area (Å²) in [7, 11) is 0. The van der Waals surface area contributed by atoms with Gasteiger partial charge in [-0.3, -0.25) is 4.79 Å². The van der Waals surface area contributed by atoms with Crippen LogP contribution >= 0.6 is 0 Å². The van der Waals surface area contributed by atoms with E-state index in [0.717, 1.165) is 28.2 Å². The van der Waals surface area contributed by atoms with E-state index in [0.29, 0.717) is 12.4 Å². The summed E-state index contributed by atoms with van der Waals surface area (Å²) in [6.07, 6.45) is 4.99. The zero-order chi connectivity index (χ0) is 20.2. The summed E-state index contributed by atoms with van der Waals surface area (Å²) in [5.74, 6) is 0.576. The highest BCUT2D eigenvalue weighted by Crippen LogP contribution is 2.18. The molecule has 0 aliphatic carbocycles. The number of amides is 1. The molecule has 0 aliphatic rings. The van der Waals surface area contributed by atoms with Gasteiger partial charge in [0.1, 0.15) is 12.7 Å². The van der Waals surface area contributed by atoms with Crippen LogP contribution in [0.15, 0.2) is 61.3 Å². The predicted molar refractivity (Wildman–Crippen MR) is 108 cm³/mol. The lowest BCUT2D eigenvalue weighted by Crippen LogP contribution is -2.26. The van der Waals surface area contributed by atoms with Crippen LogP contribution < -0.4 is 5.32 Å². The fourth-order valence-corrected chi connectivity index (χ4v) is 3.26. The molecule has 0 fully saturated rings. The van der Waals surface area contributed by atoms with E-state index in [9.17, 15) is 4.79 Å². The van der Waals surface area contributed by atoms with Gasteiger partial charge in [-0.05, 0) is 32.0 Å². The first-order valence-electron chi connectivity index (χ1n) is 9.29. The van der Waals surface area contributed by atoms with Crippen LogP contribution in [-0.4, -0.2) is 35.4 Å². The van der Waals surface area contributed by atoms with Gasteiger partial charge >= 0.3 is 0 Å². The van der Waals surface area contributed by atoms with Gasteiger partial charge in [0.05, 0.1) is 17.8 Å². The van der Waals surface area contributed by atoms with Crippen LogP contribution in [0.3, 0.4) is 0 Å². The summed E-state index contributed by atoms with van der Waals surface area (Å²) in [5, 5.41) is 11.7. The molecule has 146 valence electrons. The average molecular weight is 387 g/mol. The van der Waals surface area contributed by atoms with Crippen molar-refractivity contribution in [2.24, 2.45) is 0 Å². The van der Waals surface area contributed by atoms with Gasteiger partial charge in [0.25, 0.3) is 0 Å². The lowest BCUT2D eigenvalue weighted by atomic mass is 10.1. The van der Waals surface area contributed by atoms with Crippen LogP contribution in [-0.2, 0) is 17.8 Å². The molecule has 0 bridgehead atoms. The lowest BCUT2D eigenvalue weighted by molar-refractivity contribution is -0.120. The summed E-state index contributed by atoms with van der Waals surface area (Å²) in [5.41, 5.74) is 4.60. The largest absolute Gasteiger partial charge is 0.352 e. The van der Waals surface area contributed by atoms with Crippen LogP contribution in [0, 0.1) is 13.8 Å². The number of carbonyl (C=O) groups is 1. The highest BCUT2D eigenvalue weighted by atomic mass is 16.1. The number of para-hydroxylation sites is 1. The normalized spacial score (nSPS) is 10.8. The number of rotatable bonds is 6. The highest BCUT2D eigenvalue weighted by Gasteiger charge is 2.16. The Labute approximate surface area is 168 Å². The minimum absolute atomic E-state index is 0.0720. The first-order chi connectivity index (χ1) is 14.1. The smallest absolute Gasteiger partial charge is 0.224 e. The molecule has 1 aromatic carbocycles. The maximum absolute atomic E-state index is 12.6. The second-order valence-electron chi connectivity index (χ2n) is 6.68. The van der Waals surface area contributed by atoms with Gasteiger partial charge in [0.2, 0.25) is 5.91 Å². The third kappa shape index (κ3) is 3.91. The monoisotopic (exact) mass is 387 g/mol. The van der Waals surface area contributed by atoms with E-state index in [1.807, 2.05) is 61.0 Å². The molecule has 3 aromatic heterocycles. The van der Waals surface area contributed by atoms with Crippen molar-refractivity contribution in [3.63, 3.8) is 0 Å². The van der Waals surface area contributed by atoms with Crippen molar-refractivity contribution >= 4 is 5.91 Å². The van der Waals surface area contributed by atoms with Crippen LogP contribution in [0.25, 0.3) is 11.5 Å². The molecular formula is C21H21N7O. The van der Waals surface area contributed by atoms with Crippen molar-refractivity contribution in [2.75, 3.05) is 0 Å². The minimum Gasteiger partial charge on any atom is -0.352 e. The van der Waals surface area contributed by atoms with Crippen LogP contribution in [0.2, 0.25) is 0 Å². The number of aromatic nitrogens is 6. The molecule has 1 N–H and O–H groups in total. The third-order valence-electron chi connectivity index (χ3n) is 4.76. The average Bonchev–Trinajstić information content (AvgIpc) is 3.37. The number of benzene rings is 1. The number of aryl methyl sites for hydroxylation is 1. The Hall–Kier alpha value is -3.81. The molecule has 3 heterocycles. The molecule has 0 unspecified atom stereocenters. The Morgan fingerprint density at radius 3 is 2.69 bits per heavy atom. The molecule has 0 saturated carbocycles. The number of pyridine rings is 1. The zero-order valence-electron chi connectivity index (χ0n) is 16.3. The Morgan fingerprint density at radius 2 is 1.93 bits per heavy atom. The van der Waals surface area contributed by atoms with Crippen molar-refractivity contribution in [3.8, 4) is 11.5 Å². The lowest BCUT2D eigenvalue weighted by Gasteiger charge is -2.10. The number of hydrogen-bond donors (Lipinski definition) is 1. The number of hydrogen-bond acceptors (Lipinski definition) is 5. The van der Waals surface area contributed by atoms with Gasteiger partial charge in [-0.25, -0.2) is 19.3 Å². The first kappa shape index (κ1) is 18.5. The van der Waals surface area contributed by atoms with E-state index in [2.05, 4.69) is 25.5 Å². The molecule has 0 atom stereocenters. The van der Waals surface area contributed by atoms with Gasteiger partial charge in [0.15, 0.2) is 5.82 Å². The third-order valence-corrected chi connectivity index (χ3v) is 4.76. The van der Waals surface area contributed by atoms with Crippen molar-refractivity contribution in [1.29, 1.82) is 0 Å². The van der Waals surface area contributed by atoms with E-state index >= 15 is 0 Å². The van der Waals surface area contributed by atoms with Gasteiger partial charge < -0.3 is 5.32 Å². The van der Waals surface area contributed by atoms with Crippen molar-refractivity contribution in [1.82, 2.24) is 34.8 Å². The van der Waals surface area contributed by atoms with E-state index in [1.54, 1.807) is 17.2 Å². The maximum atomic E-state index is 12.6. The summed E-state index contributed by atoms with van der Waals surface area (Å²) in [6.45, 7) is 4.27. The number of nitrogens with zero attached hydrogens (tertiary/aromatic N) is 6. The van der Waals surface area contributed by atoms with Gasteiger partial charge in [-0.2, -0.15) is 10.2 Å². The molecule has 0 radical (unpaired) electrons. The second-order valence-corrected chi connectivity index (χ2v) is 6.68. The molecule has 4 rings (SSSR count). The van der Waals surface area contributed by atoms with Crippen LogP contribution in [0.4, 0.5) is 0 Å². The zero-order valence-corrected chi connectivity index (χ0v) is 16.3. The molecule has 0 spiro atoms. The molecule has 1 amide bonds. The SMILES string of the molecule is Cc1nn(-c2ccccc2)c(C)c1CC(=O)NCc1cccnc1-n1cncn1. The fraction of sp³-hybridized carbons (Fsp3) is 0.190. The van der Waals surface area contributed by atoms with Gasteiger partial charge in [-0.15, -0.1) is 0 Å². The predicted octanol–water partition coefficient (Wildman–Crippen LogP) is 2.32. The summed E-state index contributed by atoms with van der Waals surface area (Å²) in [6, 6.07) is 13.6. The molecule has 0 saturated heterocycles. The summed E-state index contributed by atoms with van der Waals surface area (Å²) in [4.78, 5) is 20.9. The van der Waals surface area contributed by atoms with Crippen LogP contribution in [0.1, 0.15) is 22.5 Å². The fourth-order valence-electron chi connectivity index (χ4n) is 3.26. The van der Waals surface area contributed by atoms with E-state index in [1.165, 1.54) is 6.33 Å². The maximum Gasteiger partial charge on any atom is 0.224 e. The van der Waals surface area contributed by atoms with Gasteiger partial charge in [0, 0.05) is 29.6 Å². The molecule has 8 heteroatoms. The van der Waals surface area contributed by atoms with Crippen molar-refractivity contribution in [3.05, 3.63) is 83.8 Å². The second kappa shape index (κ2) is 8.05. The molecule has 29 heavy (non-hydrogen) atoms. The first-order valence-corrected chi connectivity index (χ1v) is 9.29. The number of nitrogens with one attached hydrogen (secondary N) is 1. The van der Waals surface area contributed by atoms with E-state index in [4.69, 9.17) is 0 Å².